The van der Waals surface area contributed by atoms with Gasteiger partial charge >= 0.3 is 0 Å². The van der Waals surface area contributed by atoms with E-state index in [1.165, 1.54) is 17.8 Å². The van der Waals surface area contributed by atoms with Crippen LogP contribution in [0.4, 0.5) is 0 Å². The van der Waals surface area contributed by atoms with Gasteiger partial charge in [-0.25, -0.2) is 0 Å². The first kappa shape index (κ1) is 6.77. The first-order chi connectivity index (χ1) is 5.36. The van der Waals surface area contributed by atoms with Gasteiger partial charge < -0.3 is 10.6 Å². The van der Waals surface area contributed by atoms with Crippen LogP contribution in [0.2, 0.25) is 0 Å². The Labute approximate surface area is 67.4 Å². The van der Waals surface area contributed by atoms with Crippen molar-refractivity contribution in [2.75, 3.05) is 13.1 Å². The van der Waals surface area contributed by atoms with Gasteiger partial charge in [-0.15, -0.1) is 0 Å². The van der Waals surface area contributed by atoms with Crippen LogP contribution in [0.25, 0.3) is 0 Å². The predicted octanol–water partition coefficient (Wildman–Crippen LogP) is 0.987. The van der Waals surface area contributed by atoms with Crippen LogP contribution in [0.1, 0.15) is 13.3 Å². The third kappa shape index (κ3) is 1.25. The van der Waals surface area contributed by atoms with Gasteiger partial charge in [0.25, 0.3) is 0 Å². The highest BCUT2D eigenvalue weighted by Gasteiger charge is 2.14. The average Bonchev–Trinajstić information content (AvgIpc) is 2.04. The second-order valence-corrected chi connectivity index (χ2v) is 3.29. The lowest BCUT2D eigenvalue weighted by atomic mass is 9.97. The Morgan fingerprint density at radius 1 is 1.36 bits per heavy atom. The molecule has 1 atom stereocenters. The quantitative estimate of drug-likeness (QED) is 0.538. The van der Waals surface area contributed by atoms with Crippen LogP contribution < -0.4 is 10.6 Å². The molecule has 0 fully saturated rings. The van der Waals surface area contributed by atoms with E-state index in [1.807, 2.05) is 0 Å². The van der Waals surface area contributed by atoms with Crippen molar-refractivity contribution in [3.8, 4) is 0 Å². The van der Waals surface area contributed by atoms with Gasteiger partial charge in [0, 0.05) is 18.8 Å². The summed E-state index contributed by atoms with van der Waals surface area (Å²) in [5.74, 6) is 0.696. The minimum atomic E-state index is 0.696. The fraction of sp³-hybridized carbons (Fsp3) is 0.556. The molecule has 0 saturated heterocycles. The molecule has 1 aliphatic heterocycles. The molecule has 1 heterocycles. The van der Waals surface area contributed by atoms with Crippen LogP contribution in [-0.4, -0.2) is 13.1 Å². The van der Waals surface area contributed by atoms with Crippen LogP contribution >= 0.6 is 0 Å². The summed E-state index contributed by atoms with van der Waals surface area (Å²) >= 11 is 0. The molecule has 2 N–H and O–H groups in total. The maximum Gasteiger partial charge on any atom is 0.0530 e. The van der Waals surface area contributed by atoms with Gasteiger partial charge in [-0.05, 0) is 18.4 Å². The summed E-state index contributed by atoms with van der Waals surface area (Å²) in [5.41, 5.74) is 2.70. The minimum Gasteiger partial charge on any atom is -0.385 e. The van der Waals surface area contributed by atoms with Gasteiger partial charge in [0.05, 0.1) is 5.70 Å². The van der Waals surface area contributed by atoms with Crippen molar-refractivity contribution >= 4 is 0 Å². The highest BCUT2D eigenvalue weighted by molar-refractivity contribution is 5.29. The molecule has 0 aromatic rings. The first-order valence-corrected chi connectivity index (χ1v) is 4.25. The molecule has 2 rings (SSSR count). The Balaban J connectivity index is 2.20. The molecule has 0 amide bonds. The zero-order valence-corrected chi connectivity index (χ0v) is 6.85. The minimum absolute atomic E-state index is 0.696. The molecule has 0 aromatic carbocycles. The largest absolute Gasteiger partial charge is 0.385 e. The molecule has 1 aliphatic carbocycles. The van der Waals surface area contributed by atoms with Crippen molar-refractivity contribution in [1.29, 1.82) is 0 Å². The Morgan fingerprint density at radius 2 is 2.18 bits per heavy atom. The molecule has 0 saturated carbocycles. The van der Waals surface area contributed by atoms with E-state index in [0.717, 1.165) is 13.1 Å². The second-order valence-electron chi connectivity index (χ2n) is 3.29. The zero-order valence-electron chi connectivity index (χ0n) is 6.85. The van der Waals surface area contributed by atoms with E-state index in [9.17, 15) is 0 Å². The van der Waals surface area contributed by atoms with E-state index in [0.29, 0.717) is 5.92 Å². The average molecular weight is 150 g/mol. The molecule has 0 aromatic heterocycles. The number of allylic oxidation sites excluding steroid dienone is 3. The Hall–Kier alpha value is -0.920. The highest BCUT2D eigenvalue weighted by Crippen LogP contribution is 2.20. The smallest absolute Gasteiger partial charge is 0.0530 e. The molecule has 60 valence electrons. The predicted molar refractivity (Wildman–Crippen MR) is 46.0 cm³/mol. The lowest BCUT2D eigenvalue weighted by molar-refractivity contribution is 0.576. The normalized spacial score (nSPS) is 29.0. The third-order valence-electron chi connectivity index (χ3n) is 2.22. The van der Waals surface area contributed by atoms with Crippen molar-refractivity contribution < 1.29 is 0 Å². The lowest BCUT2D eigenvalue weighted by Gasteiger charge is -2.26. The Bertz CT molecular complexity index is 216. The number of rotatable bonds is 0. The molecular formula is C9H14N2. The van der Waals surface area contributed by atoms with Gasteiger partial charge in [0.15, 0.2) is 0 Å². The van der Waals surface area contributed by atoms with Crippen LogP contribution in [-0.2, 0) is 0 Å². The maximum absolute atomic E-state index is 3.42. The Morgan fingerprint density at radius 3 is 3.09 bits per heavy atom. The van der Waals surface area contributed by atoms with Crippen LogP contribution in [0.15, 0.2) is 23.5 Å². The van der Waals surface area contributed by atoms with Crippen LogP contribution in [0.3, 0.4) is 0 Å². The van der Waals surface area contributed by atoms with Crippen molar-refractivity contribution in [3.63, 3.8) is 0 Å². The van der Waals surface area contributed by atoms with Gasteiger partial charge in [0.1, 0.15) is 0 Å². The summed E-state index contributed by atoms with van der Waals surface area (Å²) in [6.07, 6.45) is 5.62. The highest BCUT2D eigenvalue weighted by atomic mass is 15.0. The second kappa shape index (κ2) is 2.61. The summed E-state index contributed by atoms with van der Waals surface area (Å²) in [4.78, 5) is 0. The van der Waals surface area contributed by atoms with E-state index in [-0.39, 0.29) is 0 Å². The molecule has 2 heteroatoms. The zero-order chi connectivity index (χ0) is 7.68. The molecule has 11 heavy (non-hydrogen) atoms. The topological polar surface area (TPSA) is 24.1 Å². The van der Waals surface area contributed by atoms with Gasteiger partial charge in [0.2, 0.25) is 0 Å². The number of hydrogen-bond acceptors (Lipinski definition) is 2. The number of hydrogen-bond donors (Lipinski definition) is 2. The molecular weight excluding hydrogens is 136 g/mol. The van der Waals surface area contributed by atoms with Crippen molar-refractivity contribution in [2.45, 2.75) is 13.3 Å². The standard InChI is InChI=1S/C9H14N2/c1-7-2-3-8-9(6-7)11-5-4-10-8/h2-3,7,10-11H,4-6H2,1H3. The fourth-order valence-corrected chi connectivity index (χ4v) is 1.60. The molecule has 2 nitrogen and oxygen atoms in total. The summed E-state index contributed by atoms with van der Waals surface area (Å²) in [6, 6.07) is 0. The Kier molecular flexibility index (Phi) is 1.60. The molecule has 0 bridgehead atoms. The van der Waals surface area contributed by atoms with Gasteiger partial charge in [-0.3, -0.25) is 0 Å². The lowest BCUT2D eigenvalue weighted by Crippen LogP contribution is -2.36. The van der Waals surface area contributed by atoms with Crippen LogP contribution in [0, 0.1) is 5.92 Å². The third-order valence-corrected chi connectivity index (χ3v) is 2.22. The first-order valence-electron chi connectivity index (χ1n) is 4.25. The van der Waals surface area contributed by atoms with E-state index in [1.54, 1.807) is 0 Å². The van der Waals surface area contributed by atoms with E-state index < -0.39 is 0 Å². The fourth-order valence-electron chi connectivity index (χ4n) is 1.60. The van der Waals surface area contributed by atoms with Crippen molar-refractivity contribution in [3.05, 3.63) is 23.5 Å². The summed E-state index contributed by atoms with van der Waals surface area (Å²) in [6.45, 7) is 4.37. The van der Waals surface area contributed by atoms with E-state index in [2.05, 4.69) is 29.7 Å². The molecule has 1 unspecified atom stereocenters. The van der Waals surface area contributed by atoms with Gasteiger partial charge in [-0.1, -0.05) is 13.0 Å². The van der Waals surface area contributed by atoms with E-state index in [4.69, 9.17) is 0 Å². The van der Waals surface area contributed by atoms with Crippen molar-refractivity contribution in [1.82, 2.24) is 10.6 Å². The number of nitrogens with one attached hydrogen (secondary N) is 2. The summed E-state index contributed by atoms with van der Waals surface area (Å²) in [7, 11) is 0. The summed E-state index contributed by atoms with van der Waals surface area (Å²) in [5, 5.41) is 6.79. The van der Waals surface area contributed by atoms with E-state index >= 15 is 0 Å². The van der Waals surface area contributed by atoms with Gasteiger partial charge in [-0.2, -0.15) is 0 Å². The van der Waals surface area contributed by atoms with Crippen molar-refractivity contribution in [2.24, 2.45) is 5.92 Å². The molecule has 0 spiro atoms. The molecule has 0 radical (unpaired) electrons. The van der Waals surface area contributed by atoms with Crippen LogP contribution in [0.5, 0.6) is 0 Å². The monoisotopic (exact) mass is 150 g/mol. The SMILES string of the molecule is CC1C=CC2=C(C1)NCCN2. The molecule has 2 aliphatic rings. The maximum atomic E-state index is 3.42. The summed E-state index contributed by atoms with van der Waals surface area (Å²) < 4.78 is 0.